The molecule has 1 saturated carbocycles. The van der Waals surface area contributed by atoms with Crippen LogP contribution in [0, 0.1) is 11.8 Å². The van der Waals surface area contributed by atoms with E-state index in [1.165, 1.54) is 0 Å². The molecule has 2 nitrogen and oxygen atoms in total. The Kier molecular flexibility index (Phi) is 5.72. The van der Waals surface area contributed by atoms with Gasteiger partial charge in [0.25, 0.3) is 0 Å². The van der Waals surface area contributed by atoms with Crippen LogP contribution in [0.5, 0.6) is 0 Å². The van der Waals surface area contributed by atoms with Crippen LogP contribution in [0.4, 0.5) is 0 Å². The van der Waals surface area contributed by atoms with Crippen molar-refractivity contribution in [2.45, 2.75) is 65.2 Å². The highest BCUT2D eigenvalue weighted by atomic mass is 16.1. The van der Waals surface area contributed by atoms with Gasteiger partial charge in [-0.1, -0.05) is 13.8 Å². The summed E-state index contributed by atoms with van der Waals surface area (Å²) in [5.74, 6) is 1.99. The lowest BCUT2D eigenvalue weighted by Gasteiger charge is -2.27. The summed E-state index contributed by atoms with van der Waals surface area (Å²) in [5, 5.41) is 0. The Morgan fingerprint density at radius 3 is 1.38 bits per heavy atom. The van der Waals surface area contributed by atoms with Gasteiger partial charge in [0.1, 0.15) is 11.6 Å². The molecule has 0 spiro atoms. The van der Waals surface area contributed by atoms with Gasteiger partial charge in [0.15, 0.2) is 0 Å². The van der Waals surface area contributed by atoms with E-state index in [0.717, 1.165) is 38.5 Å². The monoisotopic (exact) mass is 224 g/mol. The Labute approximate surface area is 98.8 Å². The van der Waals surface area contributed by atoms with Gasteiger partial charge < -0.3 is 0 Å². The minimum atomic E-state index is 0.396. The number of hydrogen-bond donors (Lipinski definition) is 0. The zero-order valence-electron chi connectivity index (χ0n) is 10.6. The first kappa shape index (κ1) is 13.4. The fourth-order valence-electron chi connectivity index (χ4n) is 2.57. The van der Waals surface area contributed by atoms with Crippen molar-refractivity contribution in [1.29, 1.82) is 0 Å². The molecule has 0 aromatic carbocycles. The van der Waals surface area contributed by atoms with Crippen LogP contribution in [0.1, 0.15) is 65.2 Å². The topological polar surface area (TPSA) is 34.1 Å². The number of carbonyl (C=O) groups excluding carboxylic acids is 2. The number of hydrogen-bond acceptors (Lipinski definition) is 2. The van der Waals surface area contributed by atoms with Crippen LogP contribution in [0.3, 0.4) is 0 Å². The summed E-state index contributed by atoms with van der Waals surface area (Å²) in [4.78, 5) is 22.7. The van der Waals surface area contributed by atoms with Gasteiger partial charge in [-0.3, -0.25) is 9.59 Å². The van der Waals surface area contributed by atoms with E-state index in [-0.39, 0.29) is 0 Å². The molecule has 2 heteroatoms. The highest BCUT2D eigenvalue weighted by Crippen LogP contribution is 2.33. The van der Waals surface area contributed by atoms with Crippen molar-refractivity contribution >= 4 is 11.6 Å². The largest absolute Gasteiger partial charge is 0.300 e. The van der Waals surface area contributed by atoms with Gasteiger partial charge in [-0.25, -0.2) is 0 Å². The van der Waals surface area contributed by atoms with E-state index in [4.69, 9.17) is 0 Å². The van der Waals surface area contributed by atoms with E-state index in [0.29, 0.717) is 36.2 Å². The third kappa shape index (κ3) is 4.46. The van der Waals surface area contributed by atoms with Crippen LogP contribution in [0.15, 0.2) is 0 Å². The molecule has 0 aromatic heterocycles. The van der Waals surface area contributed by atoms with Crippen LogP contribution in [0.25, 0.3) is 0 Å². The number of ketones is 2. The zero-order valence-corrected chi connectivity index (χ0v) is 10.6. The first-order valence-corrected chi connectivity index (χ1v) is 6.69. The molecule has 0 saturated heterocycles. The molecule has 1 rings (SSSR count). The second-order valence-corrected chi connectivity index (χ2v) is 5.08. The molecule has 0 N–H and O–H groups in total. The first-order valence-electron chi connectivity index (χ1n) is 6.69. The van der Waals surface area contributed by atoms with Crippen molar-refractivity contribution in [3.8, 4) is 0 Å². The molecule has 16 heavy (non-hydrogen) atoms. The van der Waals surface area contributed by atoms with E-state index in [1.807, 2.05) is 13.8 Å². The predicted molar refractivity (Wildman–Crippen MR) is 65.3 cm³/mol. The van der Waals surface area contributed by atoms with E-state index < -0.39 is 0 Å². The number of Topliss-reactive ketones (excluding diaryl/α,β-unsaturated/α-hetero) is 2. The minimum Gasteiger partial charge on any atom is -0.300 e. The Bertz CT molecular complexity index is 211. The zero-order chi connectivity index (χ0) is 12.0. The second kappa shape index (κ2) is 6.82. The molecule has 0 amide bonds. The quantitative estimate of drug-likeness (QED) is 0.691. The molecule has 0 heterocycles. The minimum absolute atomic E-state index is 0.396. The Balaban J connectivity index is 2.23. The lowest BCUT2D eigenvalue weighted by molar-refractivity contribution is -0.121. The van der Waals surface area contributed by atoms with Crippen molar-refractivity contribution in [2.75, 3.05) is 0 Å². The maximum atomic E-state index is 11.3. The summed E-state index contributed by atoms with van der Waals surface area (Å²) in [6.07, 6.45) is 7.47. The van der Waals surface area contributed by atoms with Crippen molar-refractivity contribution in [2.24, 2.45) is 11.8 Å². The van der Waals surface area contributed by atoms with Crippen LogP contribution in [0.2, 0.25) is 0 Å². The normalized spacial score (nSPS) is 25.4. The van der Waals surface area contributed by atoms with Crippen LogP contribution in [-0.2, 0) is 9.59 Å². The van der Waals surface area contributed by atoms with Gasteiger partial charge >= 0.3 is 0 Å². The first-order chi connectivity index (χ1) is 7.65. The number of carbonyl (C=O) groups is 2. The Morgan fingerprint density at radius 2 is 1.12 bits per heavy atom. The van der Waals surface area contributed by atoms with Crippen molar-refractivity contribution in [1.82, 2.24) is 0 Å². The standard InChI is InChI=1S/C14H24O2/c1-3-13(15)9-11-5-7-12(8-6-11)10-14(16)4-2/h11-12H,3-10H2,1-2H3. The summed E-state index contributed by atoms with van der Waals surface area (Å²) in [6, 6.07) is 0. The highest BCUT2D eigenvalue weighted by Gasteiger charge is 2.23. The molecule has 1 aliphatic carbocycles. The average molecular weight is 224 g/mol. The van der Waals surface area contributed by atoms with Crippen molar-refractivity contribution in [3.05, 3.63) is 0 Å². The summed E-state index contributed by atoms with van der Waals surface area (Å²) in [6.45, 7) is 3.88. The summed E-state index contributed by atoms with van der Waals surface area (Å²) < 4.78 is 0. The van der Waals surface area contributed by atoms with Gasteiger partial charge in [-0.15, -0.1) is 0 Å². The predicted octanol–water partition coefficient (Wildman–Crippen LogP) is 3.53. The maximum absolute atomic E-state index is 11.3. The smallest absolute Gasteiger partial charge is 0.132 e. The van der Waals surface area contributed by atoms with Crippen molar-refractivity contribution < 1.29 is 9.59 Å². The van der Waals surface area contributed by atoms with Crippen LogP contribution in [-0.4, -0.2) is 11.6 Å². The molecule has 0 atom stereocenters. The van der Waals surface area contributed by atoms with E-state index in [2.05, 4.69) is 0 Å². The molecule has 1 fully saturated rings. The van der Waals surface area contributed by atoms with Gasteiger partial charge in [-0.05, 0) is 37.5 Å². The fourth-order valence-corrected chi connectivity index (χ4v) is 2.57. The summed E-state index contributed by atoms with van der Waals surface area (Å²) in [5.41, 5.74) is 0. The van der Waals surface area contributed by atoms with Gasteiger partial charge in [-0.2, -0.15) is 0 Å². The Hall–Kier alpha value is -0.660. The maximum Gasteiger partial charge on any atom is 0.132 e. The molecule has 0 bridgehead atoms. The highest BCUT2D eigenvalue weighted by molar-refractivity contribution is 5.78. The average Bonchev–Trinajstić information content (AvgIpc) is 2.31. The second-order valence-electron chi connectivity index (χ2n) is 5.08. The summed E-state index contributed by atoms with van der Waals surface area (Å²) in [7, 11) is 0. The third-order valence-electron chi connectivity index (χ3n) is 3.79. The lowest BCUT2D eigenvalue weighted by atomic mass is 9.78. The van der Waals surface area contributed by atoms with E-state index in [1.54, 1.807) is 0 Å². The van der Waals surface area contributed by atoms with E-state index >= 15 is 0 Å². The molecular formula is C14H24O2. The molecular weight excluding hydrogens is 200 g/mol. The van der Waals surface area contributed by atoms with Gasteiger partial charge in [0.05, 0.1) is 0 Å². The van der Waals surface area contributed by atoms with Crippen LogP contribution >= 0.6 is 0 Å². The molecule has 0 unspecified atom stereocenters. The van der Waals surface area contributed by atoms with Gasteiger partial charge in [0.2, 0.25) is 0 Å². The summed E-state index contributed by atoms with van der Waals surface area (Å²) >= 11 is 0. The van der Waals surface area contributed by atoms with Crippen molar-refractivity contribution in [3.63, 3.8) is 0 Å². The fraction of sp³-hybridized carbons (Fsp3) is 0.857. The molecule has 0 aromatic rings. The SMILES string of the molecule is CCC(=O)CC1CCC(CC(=O)CC)CC1. The van der Waals surface area contributed by atoms with Gasteiger partial charge in [0, 0.05) is 25.7 Å². The molecule has 92 valence electrons. The van der Waals surface area contributed by atoms with E-state index in [9.17, 15) is 9.59 Å². The third-order valence-corrected chi connectivity index (χ3v) is 3.79. The van der Waals surface area contributed by atoms with Crippen LogP contribution < -0.4 is 0 Å². The molecule has 0 aliphatic heterocycles. The molecule has 1 aliphatic rings. The molecule has 0 radical (unpaired) electrons. The Morgan fingerprint density at radius 1 is 0.812 bits per heavy atom. The number of rotatable bonds is 6. The lowest BCUT2D eigenvalue weighted by Crippen LogP contribution is -2.19.